The molecule has 0 saturated carbocycles. The molecule has 0 aliphatic carbocycles. The second-order valence-electron chi connectivity index (χ2n) is 6.14. The van der Waals surface area contributed by atoms with Crippen molar-refractivity contribution in [1.82, 2.24) is 19.5 Å². The van der Waals surface area contributed by atoms with Gasteiger partial charge >= 0.3 is 0 Å². The number of ether oxygens (including phenoxy) is 1. The predicted molar refractivity (Wildman–Crippen MR) is 115 cm³/mol. The van der Waals surface area contributed by atoms with Gasteiger partial charge in [-0.2, -0.15) is 0 Å². The molecule has 5 rings (SSSR count). The largest absolute Gasteiger partial charge is 0.495 e. The van der Waals surface area contributed by atoms with E-state index in [9.17, 15) is 4.79 Å². The summed E-state index contributed by atoms with van der Waals surface area (Å²) in [6.45, 7) is 0. The number of aromatic nitrogens is 4. The fourth-order valence-corrected chi connectivity index (χ4v) is 4.90. The van der Waals surface area contributed by atoms with E-state index in [1.54, 1.807) is 29.1 Å². The Bertz CT molecular complexity index is 1410. The third-order valence-corrected chi connectivity index (χ3v) is 6.28. The van der Waals surface area contributed by atoms with Crippen LogP contribution in [0.1, 0.15) is 0 Å². The van der Waals surface area contributed by atoms with Gasteiger partial charge in [0.2, 0.25) is 0 Å². The number of hydrogen-bond acceptors (Lipinski definition) is 7. The Hall–Kier alpha value is -3.23. The summed E-state index contributed by atoms with van der Waals surface area (Å²) >= 11 is 2.89. The molecule has 142 valence electrons. The number of thiophene rings is 1. The van der Waals surface area contributed by atoms with E-state index in [1.807, 2.05) is 53.9 Å². The molecule has 5 aromatic rings. The highest BCUT2D eigenvalue weighted by atomic mass is 32.2. The number of rotatable bonds is 4. The molecule has 0 unspecified atom stereocenters. The lowest BCUT2D eigenvalue weighted by atomic mass is 10.2. The number of nitrogens with zero attached hydrogens (tertiary/aromatic N) is 4. The van der Waals surface area contributed by atoms with Crippen molar-refractivity contribution in [2.75, 3.05) is 7.11 Å². The Balaban J connectivity index is 1.80. The predicted octanol–water partition coefficient (Wildman–Crippen LogP) is 4.55. The van der Waals surface area contributed by atoms with E-state index < -0.39 is 0 Å². The average molecular weight is 419 g/mol. The summed E-state index contributed by atoms with van der Waals surface area (Å²) < 4.78 is 7.10. The smallest absolute Gasteiger partial charge is 0.266 e. The van der Waals surface area contributed by atoms with Crippen LogP contribution < -0.4 is 10.3 Å². The van der Waals surface area contributed by atoms with Gasteiger partial charge in [0.25, 0.3) is 5.56 Å². The van der Waals surface area contributed by atoms with Crippen LogP contribution in [-0.4, -0.2) is 26.6 Å². The molecule has 0 bridgehead atoms. The summed E-state index contributed by atoms with van der Waals surface area (Å²) in [5.41, 5.74) is 1.12. The quantitative estimate of drug-likeness (QED) is 0.315. The highest BCUT2D eigenvalue weighted by Gasteiger charge is 2.18. The highest BCUT2D eigenvalue weighted by Crippen LogP contribution is 2.34. The molecule has 0 radical (unpaired) electrons. The van der Waals surface area contributed by atoms with E-state index in [0.717, 1.165) is 15.2 Å². The van der Waals surface area contributed by atoms with Gasteiger partial charge < -0.3 is 4.74 Å². The molecule has 3 heterocycles. The molecule has 3 aromatic heterocycles. The fourth-order valence-electron chi connectivity index (χ4n) is 3.14. The van der Waals surface area contributed by atoms with Gasteiger partial charge in [0.05, 0.1) is 23.7 Å². The zero-order valence-electron chi connectivity index (χ0n) is 15.3. The van der Waals surface area contributed by atoms with Gasteiger partial charge in [-0.3, -0.25) is 9.36 Å². The molecule has 0 N–H and O–H groups in total. The Morgan fingerprint density at radius 3 is 2.72 bits per heavy atom. The van der Waals surface area contributed by atoms with Crippen LogP contribution in [0.3, 0.4) is 0 Å². The van der Waals surface area contributed by atoms with Gasteiger partial charge in [0, 0.05) is 5.39 Å². The normalized spacial score (nSPS) is 11.2. The number of benzene rings is 2. The molecule has 0 aliphatic rings. The van der Waals surface area contributed by atoms with Gasteiger partial charge in [-0.15, -0.1) is 11.3 Å². The van der Waals surface area contributed by atoms with Crippen LogP contribution in [0.2, 0.25) is 0 Å². The number of hydrogen-bond donors (Lipinski definition) is 0. The first-order valence-corrected chi connectivity index (χ1v) is 10.5. The van der Waals surface area contributed by atoms with E-state index in [4.69, 9.17) is 9.72 Å². The molecule has 0 amide bonds. The minimum absolute atomic E-state index is 0.154. The highest BCUT2D eigenvalue weighted by molar-refractivity contribution is 7.99. The third-order valence-electron chi connectivity index (χ3n) is 4.48. The van der Waals surface area contributed by atoms with Crippen LogP contribution in [0.15, 0.2) is 81.3 Å². The van der Waals surface area contributed by atoms with Crippen LogP contribution in [0, 0.1) is 0 Å². The van der Waals surface area contributed by atoms with Gasteiger partial charge in [0.15, 0.2) is 5.16 Å². The van der Waals surface area contributed by atoms with E-state index >= 15 is 0 Å². The maximum absolute atomic E-state index is 13.4. The lowest BCUT2D eigenvalue weighted by Gasteiger charge is -2.15. The topological polar surface area (TPSA) is 69.9 Å². The minimum Gasteiger partial charge on any atom is -0.495 e. The summed E-state index contributed by atoms with van der Waals surface area (Å²) in [5.74, 6) is 0.594. The molecular formula is C21H14N4O2S2. The summed E-state index contributed by atoms with van der Waals surface area (Å²) in [4.78, 5) is 27.9. The van der Waals surface area contributed by atoms with Gasteiger partial charge in [0.1, 0.15) is 21.9 Å². The lowest BCUT2D eigenvalue weighted by molar-refractivity contribution is 0.411. The number of para-hydroxylation sites is 3. The van der Waals surface area contributed by atoms with Crippen LogP contribution in [0.4, 0.5) is 0 Å². The zero-order chi connectivity index (χ0) is 19.8. The third kappa shape index (κ3) is 3.06. The maximum atomic E-state index is 13.4. The average Bonchev–Trinajstić information content (AvgIpc) is 3.24. The second-order valence-corrected chi connectivity index (χ2v) is 7.99. The van der Waals surface area contributed by atoms with Crippen molar-refractivity contribution in [3.8, 4) is 11.4 Å². The van der Waals surface area contributed by atoms with Crippen LogP contribution in [-0.2, 0) is 0 Å². The SMILES string of the molecule is COc1ccccc1-n1c(Sc2ncnc3sccc23)nc2ccccc2c1=O. The molecule has 8 heteroatoms. The number of methoxy groups -OCH3 is 1. The molecule has 6 nitrogen and oxygen atoms in total. The summed E-state index contributed by atoms with van der Waals surface area (Å²) in [7, 11) is 1.59. The Morgan fingerprint density at radius 1 is 1.00 bits per heavy atom. The monoisotopic (exact) mass is 418 g/mol. The van der Waals surface area contributed by atoms with Crippen molar-refractivity contribution in [3.05, 3.63) is 76.7 Å². The first kappa shape index (κ1) is 17.8. The number of fused-ring (bicyclic) bond motifs is 2. The Morgan fingerprint density at radius 2 is 1.83 bits per heavy atom. The lowest BCUT2D eigenvalue weighted by Crippen LogP contribution is -2.22. The molecule has 0 atom stereocenters. The van der Waals surface area contributed by atoms with Crippen LogP contribution in [0.5, 0.6) is 5.75 Å². The second kappa shape index (κ2) is 7.31. The van der Waals surface area contributed by atoms with E-state index in [2.05, 4.69) is 9.97 Å². The van der Waals surface area contributed by atoms with E-state index in [0.29, 0.717) is 27.5 Å². The summed E-state index contributed by atoms with van der Waals surface area (Å²) in [6, 6.07) is 16.7. The first-order valence-electron chi connectivity index (χ1n) is 8.77. The standard InChI is InChI=1S/C21H14N4O2S2/c1-27-17-9-5-4-8-16(17)25-20(26)13-6-2-3-7-15(13)24-21(25)29-19-14-10-11-28-18(14)22-12-23-19/h2-12H,1H3. The maximum Gasteiger partial charge on any atom is 0.266 e. The van der Waals surface area contributed by atoms with Crippen molar-refractivity contribution < 1.29 is 4.74 Å². The van der Waals surface area contributed by atoms with Crippen LogP contribution in [0.25, 0.3) is 26.8 Å². The Kier molecular flexibility index (Phi) is 4.49. The summed E-state index contributed by atoms with van der Waals surface area (Å²) in [6.07, 6.45) is 1.54. The molecule has 2 aromatic carbocycles. The van der Waals surface area contributed by atoms with Crippen molar-refractivity contribution in [2.24, 2.45) is 0 Å². The first-order chi connectivity index (χ1) is 14.3. The van der Waals surface area contributed by atoms with Gasteiger partial charge in [-0.05, 0) is 47.5 Å². The molecule has 0 spiro atoms. The van der Waals surface area contributed by atoms with E-state index in [-0.39, 0.29) is 5.56 Å². The van der Waals surface area contributed by atoms with E-state index in [1.165, 1.54) is 18.1 Å². The molecular weight excluding hydrogens is 404 g/mol. The molecule has 0 fully saturated rings. The van der Waals surface area contributed by atoms with Gasteiger partial charge in [-0.25, -0.2) is 15.0 Å². The van der Waals surface area contributed by atoms with Crippen molar-refractivity contribution >= 4 is 44.2 Å². The van der Waals surface area contributed by atoms with Crippen molar-refractivity contribution in [2.45, 2.75) is 10.2 Å². The molecule has 0 aliphatic heterocycles. The molecule has 29 heavy (non-hydrogen) atoms. The molecule has 0 saturated heterocycles. The van der Waals surface area contributed by atoms with Gasteiger partial charge in [-0.1, -0.05) is 24.3 Å². The van der Waals surface area contributed by atoms with Crippen molar-refractivity contribution in [1.29, 1.82) is 0 Å². The van der Waals surface area contributed by atoms with Crippen LogP contribution >= 0.6 is 23.1 Å². The fraction of sp³-hybridized carbons (Fsp3) is 0.0476. The minimum atomic E-state index is -0.154. The van der Waals surface area contributed by atoms with Crippen molar-refractivity contribution in [3.63, 3.8) is 0 Å². The Labute approximate surface area is 173 Å². The zero-order valence-corrected chi connectivity index (χ0v) is 16.9. The summed E-state index contributed by atoms with van der Waals surface area (Å²) in [5, 5.41) is 4.74.